The summed E-state index contributed by atoms with van der Waals surface area (Å²) in [5, 5.41) is 2.89. The average molecular weight is 278 g/mol. The first-order valence-corrected chi connectivity index (χ1v) is 6.86. The molecule has 0 unspecified atom stereocenters. The van der Waals surface area contributed by atoms with Crippen molar-refractivity contribution in [3.8, 4) is 5.75 Å². The zero-order valence-corrected chi connectivity index (χ0v) is 12.1. The van der Waals surface area contributed by atoms with E-state index in [1.807, 2.05) is 12.1 Å². The van der Waals surface area contributed by atoms with Crippen molar-refractivity contribution in [2.45, 2.75) is 19.6 Å². The van der Waals surface area contributed by atoms with Gasteiger partial charge in [-0.15, -0.1) is 0 Å². The van der Waals surface area contributed by atoms with Crippen LogP contribution < -0.4 is 10.1 Å². The predicted molar refractivity (Wildman–Crippen MR) is 76.6 cm³/mol. The standard InChI is InChI=1S/C15H22N2O3/c1-19-11-13-8-12(4-5-14(13)20-2)9-17-7-3-6-16-15(18)10-17/h4-5,8H,3,6-7,9-11H2,1-2H3,(H,16,18). The third kappa shape index (κ3) is 3.95. The lowest BCUT2D eigenvalue weighted by atomic mass is 10.1. The van der Waals surface area contributed by atoms with Crippen molar-refractivity contribution in [2.24, 2.45) is 0 Å². The van der Waals surface area contributed by atoms with E-state index in [1.165, 1.54) is 5.56 Å². The van der Waals surface area contributed by atoms with Crippen molar-refractivity contribution >= 4 is 5.91 Å². The Bertz CT molecular complexity index is 462. The van der Waals surface area contributed by atoms with Crippen LogP contribution in [0.2, 0.25) is 0 Å². The molecule has 0 aliphatic carbocycles. The van der Waals surface area contributed by atoms with Gasteiger partial charge in [-0.25, -0.2) is 0 Å². The Labute approximate surface area is 119 Å². The number of hydrogen-bond donors (Lipinski definition) is 1. The Morgan fingerprint density at radius 1 is 1.35 bits per heavy atom. The summed E-state index contributed by atoms with van der Waals surface area (Å²) in [6.45, 7) is 3.47. The zero-order valence-electron chi connectivity index (χ0n) is 12.1. The van der Waals surface area contributed by atoms with Crippen molar-refractivity contribution in [3.05, 3.63) is 29.3 Å². The Balaban J connectivity index is 2.08. The van der Waals surface area contributed by atoms with E-state index in [0.29, 0.717) is 13.2 Å². The molecule has 1 heterocycles. The fourth-order valence-electron chi connectivity index (χ4n) is 2.46. The highest BCUT2D eigenvalue weighted by Crippen LogP contribution is 2.21. The number of amides is 1. The van der Waals surface area contributed by atoms with E-state index in [1.54, 1.807) is 14.2 Å². The molecular formula is C15H22N2O3. The van der Waals surface area contributed by atoms with Gasteiger partial charge in [-0.3, -0.25) is 9.69 Å². The molecule has 0 radical (unpaired) electrons. The van der Waals surface area contributed by atoms with Gasteiger partial charge in [0.05, 0.1) is 20.3 Å². The van der Waals surface area contributed by atoms with Crippen LogP contribution in [-0.2, 0) is 22.7 Å². The molecule has 20 heavy (non-hydrogen) atoms. The van der Waals surface area contributed by atoms with E-state index < -0.39 is 0 Å². The lowest BCUT2D eigenvalue weighted by molar-refractivity contribution is -0.121. The second-order valence-corrected chi connectivity index (χ2v) is 4.99. The van der Waals surface area contributed by atoms with Crippen molar-refractivity contribution in [1.29, 1.82) is 0 Å². The molecule has 0 bridgehead atoms. The molecule has 5 heteroatoms. The molecule has 1 amide bonds. The van der Waals surface area contributed by atoms with Crippen LogP contribution in [0.5, 0.6) is 5.75 Å². The van der Waals surface area contributed by atoms with Crippen molar-refractivity contribution < 1.29 is 14.3 Å². The Kier molecular flexibility index (Phi) is 5.38. The molecule has 5 nitrogen and oxygen atoms in total. The van der Waals surface area contributed by atoms with Crippen LogP contribution in [0.1, 0.15) is 17.5 Å². The summed E-state index contributed by atoms with van der Waals surface area (Å²) in [7, 11) is 3.33. The summed E-state index contributed by atoms with van der Waals surface area (Å²) in [6, 6.07) is 6.09. The van der Waals surface area contributed by atoms with Gasteiger partial charge in [0.15, 0.2) is 0 Å². The molecule has 1 aliphatic rings. The van der Waals surface area contributed by atoms with Crippen LogP contribution in [0, 0.1) is 0 Å². The van der Waals surface area contributed by atoms with E-state index in [4.69, 9.17) is 9.47 Å². The van der Waals surface area contributed by atoms with Gasteiger partial charge in [0.25, 0.3) is 0 Å². The van der Waals surface area contributed by atoms with Gasteiger partial charge in [-0.05, 0) is 24.1 Å². The van der Waals surface area contributed by atoms with E-state index in [0.717, 1.165) is 37.4 Å². The number of carbonyl (C=O) groups is 1. The topological polar surface area (TPSA) is 50.8 Å². The molecular weight excluding hydrogens is 256 g/mol. The van der Waals surface area contributed by atoms with Crippen molar-refractivity contribution in [2.75, 3.05) is 33.9 Å². The van der Waals surface area contributed by atoms with Crippen molar-refractivity contribution in [1.82, 2.24) is 10.2 Å². The molecule has 2 rings (SSSR count). The van der Waals surface area contributed by atoms with Gasteiger partial charge in [0.2, 0.25) is 5.91 Å². The number of carbonyl (C=O) groups excluding carboxylic acids is 1. The van der Waals surface area contributed by atoms with E-state index in [2.05, 4.69) is 16.3 Å². The minimum Gasteiger partial charge on any atom is -0.496 e. The summed E-state index contributed by atoms with van der Waals surface area (Å²) >= 11 is 0. The van der Waals surface area contributed by atoms with Crippen LogP contribution >= 0.6 is 0 Å². The van der Waals surface area contributed by atoms with E-state index in [9.17, 15) is 4.79 Å². The highest BCUT2D eigenvalue weighted by Gasteiger charge is 2.15. The van der Waals surface area contributed by atoms with Crippen molar-refractivity contribution in [3.63, 3.8) is 0 Å². The van der Waals surface area contributed by atoms with Crippen LogP contribution in [-0.4, -0.2) is 44.7 Å². The molecule has 0 saturated carbocycles. The Morgan fingerprint density at radius 3 is 2.95 bits per heavy atom. The molecule has 0 spiro atoms. The van der Waals surface area contributed by atoms with Gasteiger partial charge < -0.3 is 14.8 Å². The maximum Gasteiger partial charge on any atom is 0.234 e. The minimum absolute atomic E-state index is 0.105. The summed E-state index contributed by atoms with van der Waals surface area (Å²) in [5.74, 6) is 0.942. The summed E-state index contributed by atoms with van der Waals surface area (Å²) < 4.78 is 10.5. The monoisotopic (exact) mass is 278 g/mol. The average Bonchev–Trinajstić information content (AvgIpc) is 2.64. The lowest BCUT2D eigenvalue weighted by Gasteiger charge is -2.19. The van der Waals surface area contributed by atoms with Crippen LogP contribution in [0.25, 0.3) is 0 Å². The fourth-order valence-corrected chi connectivity index (χ4v) is 2.46. The smallest absolute Gasteiger partial charge is 0.234 e. The van der Waals surface area contributed by atoms with Gasteiger partial charge >= 0.3 is 0 Å². The summed E-state index contributed by atoms with van der Waals surface area (Å²) in [5.41, 5.74) is 2.21. The van der Waals surface area contributed by atoms with Crippen LogP contribution in [0.3, 0.4) is 0 Å². The van der Waals surface area contributed by atoms with Gasteiger partial charge in [-0.2, -0.15) is 0 Å². The molecule has 1 fully saturated rings. The molecule has 1 saturated heterocycles. The third-order valence-electron chi connectivity index (χ3n) is 3.39. The minimum atomic E-state index is 0.105. The summed E-state index contributed by atoms with van der Waals surface area (Å²) in [6.07, 6.45) is 0.993. The molecule has 0 atom stereocenters. The SMILES string of the molecule is COCc1cc(CN2CCCNC(=O)C2)ccc1OC. The first-order chi connectivity index (χ1) is 9.72. The normalized spacial score (nSPS) is 16.6. The fraction of sp³-hybridized carbons (Fsp3) is 0.533. The Morgan fingerprint density at radius 2 is 2.20 bits per heavy atom. The lowest BCUT2D eigenvalue weighted by Crippen LogP contribution is -2.32. The highest BCUT2D eigenvalue weighted by molar-refractivity contribution is 5.78. The number of nitrogens with one attached hydrogen (secondary N) is 1. The van der Waals surface area contributed by atoms with Crippen LogP contribution in [0.4, 0.5) is 0 Å². The zero-order chi connectivity index (χ0) is 14.4. The number of ether oxygens (including phenoxy) is 2. The maximum atomic E-state index is 11.6. The first kappa shape index (κ1) is 14.8. The Hall–Kier alpha value is -1.59. The number of rotatable bonds is 5. The van der Waals surface area contributed by atoms with E-state index >= 15 is 0 Å². The van der Waals surface area contributed by atoms with Gasteiger partial charge in [0.1, 0.15) is 5.75 Å². The molecule has 1 aliphatic heterocycles. The number of hydrogen-bond acceptors (Lipinski definition) is 4. The number of benzene rings is 1. The predicted octanol–water partition coefficient (Wildman–Crippen LogP) is 1.16. The molecule has 1 N–H and O–H groups in total. The van der Waals surface area contributed by atoms with E-state index in [-0.39, 0.29) is 5.91 Å². The number of methoxy groups -OCH3 is 2. The molecule has 1 aromatic carbocycles. The molecule has 110 valence electrons. The first-order valence-electron chi connectivity index (χ1n) is 6.86. The second-order valence-electron chi connectivity index (χ2n) is 4.99. The van der Waals surface area contributed by atoms with Crippen LogP contribution in [0.15, 0.2) is 18.2 Å². The van der Waals surface area contributed by atoms with Gasteiger partial charge in [-0.1, -0.05) is 6.07 Å². The highest BCUT2D eigenvalue weighted by atomic mass is 16.5. The largest absolute Gasteiger partial charge is 0.496 e. The molecule has 0 aromatic heterocycles. The summed E-state index contributed by atoms with van der Waals surface area (Å²) in [4.78, 5) is 13.7. The quantitative estimate of drug-likeness (QED) is 0.878. The molecule has 1 aromatic rings. The van der Waals surface area contributed by atoms with Gasteiger partial charge in [0, 0.05) is 32.3 Å². The maximum absolute atomic E-state index is 11.6. The second kappa shape index (κ2) is 7.26. The third-order valence-corrected chi connectivity index (χ3v) is 3.39. The number of nitrogens with zero attached hydrogens (tertiary/aromatic N) is 1.